The Hall–Kier alpha value is -1.42. The molecule has 1 aromatic carbocycles. The van der Waals surface area contributed by atoms with Crippen LogP contribution in [0.4, 0.5) is 5.69 Å². The second-order valence-corrected chi connectivity index (χ2v) is 5.18. The third-order valence-corrected chi connectivity index (χ3v) is 3.61. The monoisotopic (exact) mass is 279 g/mol. The fourth-order valence-corrected chi connectivity index (χ4v) is 2.60. The highest BCUT2D eigenvalue weighted by atomic mass is 16.5. The van der Waals surface area contributed by atoms with Crippen molar-refractivity contribution in [2.75, 3.05) is 18.5 Å². The molecule has 1 saturated carbocycles. The van der Waals surface area contributed by atoms with Gasteiger partial charge < -0.3 is 19.9 Å². The van der Waals surface area contributed by atoms with E-state index >= 15 is 0 Å². The van der Waals surface area contributed by atoms with Crippen molar-refractivity contribution < 1.29 is 14.6 Å². The van der Waals surface area contributed by atoms with Gasteiger partial charge in [-0.05, 0) is 51.7 Å². The molecule has 1 aromatic rings. The van der Waals surface area contributed by atoms with E-state index in [2.05, 4.69) is 5.32 Å². The summed E-state index contributed by atoms with van der Waals surface area (Å²) in [5, 5.41) is 13.1. The van der Waals surface area contributed by atoms with E-state index in [-0.39, 0.29) is 6.10 Å². The van der Waals surface area contributed by atoms with Crippen molar-refractivity contribution in [3.63, 3.8) is 0 Å². The normalized spacial score (nSPS) is 22.4. The second kappa shape index (κ2) is 7.39. The van der Waals surface area contributed by atoms with Crippen molar-refractivity contribution >= 4 is 5.69 Å². The van der Waals surface area contributed by atoms with Gasteiger partial charge in [-0.2, -0.15) is 0 Å². The third-order valence-electron chi connectivity index (χ3n) is 3.61. The Kier molecular flexibility index (Phi) is 5.53. The zero-order valence-corrected chi connectivity index (χ0v) is 12.4. The van der Waals surface area contributed by atoms with Crippen LogP contribution in [0.1, 0.15) is 39.5 Å². The lowest BCUT2D eigenvalue weighted by Crippen LogP contribution is -2.28. The Labute approximate surface area is 121 Å². The van der Waals surface area contributed by atoms with Gasteiger partial charge in [0.25, 0.3) is 0 Å². The van der Waals surface area contributed by atoms with Crippen LogP contribution < -0.4 is 14.8 Å². The molecule has 0 spiro atoms. The minimum Gasteiger partial charge on any atom is -0.490 e. The van der Waals surface area contributed by atoms with E-state index in [1.165, 1.54) is 0 Å². The van der Waals surface area contributed by atoms with Gasteiger partial charge >= 0.3 is 0 Å². The van der Waals surface area contributed by atoms with Gasteiger partial charge in [0.15, 0.2) is 11.5 Å². The molecular weight excluding hydrogens is 254 g/mol. The molecule has 0 aromatic heterocycles. The van der Waals surface area contributed by atoms with E-state index < -0.39 is 0 Å². The maximum Gasteiger partial charge on any atom is 0.163 e. The van der Waals surface area contributed by atoms with Crippen LogP contribution >= 0.6 is 0 Å². The predicted octanol–water partition coefficient (Wildman–Crippen LogP) is 3.20. The Balaban J connectivity index is 2.02. The molecule has 0 amide bonds. The standard InChI is InChI=1S/C16H25NO3/c1-3-19-15-10-7-13(11-16(15)20-4-2)17-12-5-8-14(18)9-6-12/h7,10-12,14,17-18H,3-6,8-9H2,1-2H3. The lowest BCUT2D eigenvalue weighted by Gasteiger charge is -2.27. The van der Waals surface area contributed by atoms with Crippen LogP contribution in [0.3, 0.4) is 0 Å². The summed E-state index contributed by atoms with van der Waals surface area (Å²) >= 11 is 0. The Morgan fingerprint density at radius 2 is 1.70 bits per heavy atom. The van der Waals surface area contributed by atoms with Crippen molar-refractivity contribution in [3.8, 4) is 11.5 Å². The molecule has 112 valence electrons. The summed E-state index contributed by atoms with van der Waals surface area (Å²) < 4.78 is 11.2. The molecule has 0 aliphatic heterocycles. The first-order valence-electron chi connectivity index (χ1n) is 7.57. The third kappa shape index (κ3) is 4.04. The quantitative estimate of drug-likeness (QED) is 0.839. The zero-order valence-electron chi connectivity index (χ0n) is 12.4. The van der Waals surface area contributed by atoms with Gasteiger partial charge in [-0.1, -0.05) is 0 Å². The second-order valence-electron chi connectivity index (χ2n) is 5.18. The van der Waals surface area contributed by atoms with Crippen LogP contribution in [0.2, 0.25) is 0 Å². The summed E-state index contributed by atoms with van der Waals surface area (Å²) in [6.07, 6.45) is 3.67. The Morgan fingerprint density at radius 3 is 2.35 bits per heavy atom. The Bertz CT molecular complexity index is 414. The summed E-state index contributed by atoms with van der Waals surface area (Å²) in [6, 6.07) is 6.41. The summed E-state index contributed by atoms with van der Waals surface area (Å²) in [5.41, 5.74) is 1.05. The molecule has 0 unspecified atom stereocenters. The molecule has 0 saturated heterocycles. The topological polar surface area (TPSA) is 50.7 Å². The SMILES string of the molecule is CCOc1ccc(NC2CCC(O)CC2)cc1OCC. The number of nitrogens with one attached hydrogen (secondary N) is 1. The van der Waals surface area contributed by atoms with Gasteiger partial charge in [-0.25, -0.2) is 0 Å². The first-order chi connectivity index (χ1) is 9.72. The van der Waals surface area contributed by atoms with E-state index in [1.54, 1.807) is 0 Å². The van der Waals surface area contributed by atoms with Crippen molar-refractivity contribution in [3.05, 3.63) is 18.2 Å². The van der Waals surface area contributed by atoms with Gasteiger partial charge in [0.1, 0.15) is 0 Å². The first-order valence-corrected chi connectivity index (χ1v) is 7.57. The van der Waals surface area contributed by atoms with E-state index in [0.717, 1.165) is 42.9 Å². The summed E-state index contributed by atoms with van der Waals surface area (Å²) in [5.74, 6) is 1.58. The highest BCUT2D eigenvalue weighted by Gasteiger charge is 2.19. The molecule has 0 heterocycles. The van der Waals surface area contributed by atoms with Crippen LogP contribution in [0.15, 0.2) is 18.2 Å². The molecule has 4 nitrogen and oxygen atoms in total. The number of aliphatic hydroxyl groups excluding tert-OH is 1. The van der Waals surface area contributed by atoms with Gasteiger partial charge in [0.2, 0.25) is 0 Å². The van der Waals surface area contributed by atoms with Crippen molar-refractivity contribution in [1.82, 2.24) is 0 Å². The van der Waals surface area contributed by atoms with Crippen LogP contribution in [0.25, 0.3) is 0 Å². The first kappa shape index (κ1) is 15.0. The fraction of sp³-hybridized carbons (Fsp3) is 0.625. The van der Waals surface area contributed by atoms with Crippen LogP contribution in [0.5, 0.6) is 11.5 Å². The average molecular weight is 279 g/mol. The van der Waals surface area contributed by atoms with Crippen molar-refractivity contribution in [2.24, 2.45) is 0 Å². The maximum absolute atomic E-state index is 9.54. The molecule has 1 aliphatic carbocycles. The number of anilines is 1. The molecule has 1 aliphatic rings. The van der Waals surface area contributed by atoms with E-state index in [0.29, 0.717) is 19.3 Å². The maximum atomic E-state index is 9.54. The van der Waals surface area contributed by atoms with Gasteiger partial charge in [-0.3, -0.25) is 0 Å². The van der Waals surface area contributed by atoms with E-state index in [4.69, 9.17) is 9.47 Å². The fourth-order valence-electron chi connectivity index (χ4n) is 2.60. The average Bonchev–Trinajstić information content (AvgIpc) is 2.45. The molecular formula is C16H25NO3. The molecule has 2 rings (SSSR count). The molecule has 0 atom stereocenters. The zero-order chi connectivity index (χ0) is 14.4. The van der Waals surface area contributed by atoms with Crippen LogP contribution in [-0.2, 0) is 0 Å². The number of ether oxygens (including phenoxy) is 2. The number of benzene rings is 1. The largest absolute Gasteiger partial charge is 0.490 e. The van der Waals surface area contributed by atoms with Gasteiger partial charge in [0.05, 0.1) is 19.3 Å². The predicted molar refractivity (Wildman–Crippen MR) is 80.7 cm³/mol. The minimum atomic E-state index is -0.118. The molecule has 0 radical (unpaired) electrons. The smallest absolute Gasteiger partial charge is 0.163 e. The summed E-state index contributed by atoms with van der Waals surface area (Å²) in [4.78, 5) is 0. The number of rotatable bonds is 6. The molecule has 0 bridgehead atoms. The number of hydrogen-bond acceptors (Lipinski definition) is 4. The van der Waals surface area contributed by atoms with Crippen LogP contribution in [0, 0.1) is 0 Å². The molecule has 4 heteroatoms. The van der Waals surface area contributed by atoms with Crippen LogP contribution in [-0.4, -0.2) is 30.5 Å². The number of aliphatic hydroxyl groups is 1. The molecule has 1 fully saturated rings. The molecule has 20 heavy (non-hydrogen) atoms. The van der Waals surface area contributed by atoms with E-state index in [1.807, 2.05) is 32.0 Å². The summed E-state index contributed by atoms with van der Waals surface area (Å²) in [6.45, 7) is 5.19. The van der Waals surface area contributed by atoms with Gasteiger partial charge in [0, 0.05) is 17.8 Å². The van der Waals surface area contributed by atoms with Crippen molar-refractivity contribution in [2.45, 2.75) is 51.7 Å². The molecule has 2 N–H and O–H groups in total. The van der Waals surface area contributed by atoms with Crippen molar-refractivity contribution in [1.29, 1.82) is 0 Å². The Morgan fingerprint density at radius 1 is 1.05 bits per heavy atom. The lowest BCUT2D eigenvalue weighted by atomic mass is 9.93. The number of hydrogen-bond donors (Lipinski definition) is 2. The minimum absolute atomic E-state index is 0.118. The summed E-state index contributed by atoms with van der Waals surface area (Å²) in [7, 11) is 0. The highest BCUT2D eigenvalue weighted by Crippen LogP contribution is 2.32. The van der Waals surface area contributed by atoms with Gasteiger partial charge in [-0.15, -0.1) is 0 Å². The lowest BCUT2D eigenvalue weighted by molar-refractivity contribution is 0.126. The highest BCUT2D eigenvalue weighted by molar-refractivity contribution is 5.55. The van der Waals surface area contributed by atoms with E-state index in [9.17, 15) is 5.11 Å².